The van der Waals surface area contributed by atoms with Crippen LogP contribution in [-0.4, -0.2) is 22.2 Å². The second-order valence-electron chi connectivity index (χ2n) is 5.89. The predicted molar refractivity (Wildman–Crippen MR) is 95.0 cm³/mol. The lowest BCUT2D eigenvalue weighted by Crippen LogP contribution is -2.41. The standard InChI is InChI=1S/C18H25BrN2O/c1-4-7-8-16-20-18(5-2,6-3)17(22)21(16)13-14-9-11-15(19)12-10-14/h9-12H,4-8,13H2,1-3H3. The molecule has 120 valence electrons. The maximum Gasteiger partial charge on any atom is 0.256 e. The van der Waals surface area contributed by atoms with Crippen LogP contribution in [0.4, 0.5) is 0 Å². The number of benzene rings is 1. The van der Waals surface area contributed by atoms with Crippen LogP contribution in [0, 0.1) is 0 Å². The first-order chi connectivity index (χ1) is 10.6. The van der Waals surface area contributed by atoms with E-state index in [0.717, 1.165) is 48.0 Å². The van der Waals surface area contributed by atoms with Crippen LogP contribution in [0.3, 0.4) is 0 Å². The minimum Gasteiger partial charge on any atom is -0.294 e. The van der Waals surface area contributed by atoms with Crippen molar-refractivity contribution < 1.29 is 4.79 Å². The Morgan fingerprint density at radius 2 is 1.77 bits per heavy atom. The molecule has 3 nitrogen and oxygen atoms in total. The number of aliphatic imine (C=N–C) groups is 1. The number of amidine groups is 1. The van der Waals surface area contributed by atoms with Crippen molar-refractivity contribution >= 4 is 27.7 Å². The van der Waals surface area contributed by atoms with E-state index >= 15 is 0 Å². The van der Waals surface area contributed by atoms with E-state index in [2.05, 4.69) is 48.8 Å². The molecule has 0 aliphatic carbocycles. The number of amides is 1. The maximum atomic E-state index is 12.9. The van der Waals surface area contributed by atoms with Gasteiger partial charge < -0.3 is 0 Å². The number of nitrogens with zero attached hydrogens (tertiary/aromatic N) is 2. The molecular weight excluding hydrogens is 340 g/mol. The summed E-state index contributed by atoms with van der Waals surface area (Å²) in [4.78, 5) is 19.7. The van der Waals surface area contributed by atoms with Gasteiger partial charge in [0, 0.05) is 10.9 Å². The van der Waals surface area contributed by atoms with E-state index in [1.807, 2.05) is 17.0 Å². The minimum atomic E-state index is -0.529. The van der Waals surface area contributed by atoms with Gasteiger partial charge in [-0.2, -0.15) is 0 Å². The number of halogens is 1. The van der Waals surface area contributed by atoms with Crippen LogP contribution in [0.25, 0.3) is 0 Å². The van der Waals surface area contributed by atoms with E-state index in [-0.39, 0.29) is 5.91 Å². The van der Waals surface area contributed by atoms with Crippen LogP contribution in [0.2, 0.25) is 0 Å². The van der Waals surface area contributed by atoms with Gasteiger partial charge in [-0.1, -0.05) is 55.3 Å². The molecule has 2 rings (SSSR count). The molecule has 0 saturated carbocycles. The second-order valence-corrected chi connectivity index (χ2v) is 6.80. The highest BCUT2D eigenvalue weighted by Crippen LogP contribution is 2.32. The first kappa shape index (κ1) is 17.2. The lowest BCUT2D eigenvalue weighted by atomic mass is 9.93. The van der Waals surface area contributed by atoms with Gasteiger partial charge in [0.2, 0.25) is 0 Å². The van der Waals surface area contributed by atoms with Crippen molar-refractivity contribution in [2.24, 2.45) is 4.99 Å². The summed E-state index contributed by atoms with van der Waals surface area (Å²) in [5, 5.41) is 0. The molecule has 0 radical (unpaired) electrons. The van der Waals surface area contributed by atoms with Crippen molar-refractivity contribution in [1.29, 1.82) is 0 Å². The molecular formula is C18H25BrN2O. The summed E-state index contributed by atoms with van der Waals surface area (Å²) in [6.07, 6.45) is 4.63. The van der Waals surface area contributed by atoms with Gasteiger partial charge in [-0.3, -0.25) is 14.7 Å². The zero-order valence-electron chi connectivity index (χ0n) is 13.7. The fourth-order valence-corrected chi connectivity index (χ4v) is 3.16. The summed E-state index contributed by atoms with van der Waals surface area (Å²) >= 11 is 3.45. The first-order valence-electron chi connectivity index (χ1n) is 8.21. The Labute approximate surface area is 141 Å². The normalized spacial score (nSPS) is 17.0. The Hall–Kier alpha value is -1.16. The molecule has 0 bridgehead atoms. The Balaban J connectivity index is 2.25. The Morgan fingerprint density at radius 3 is 2.32 bits per heavy atom. The van der Waals surface area contributed by atoms with Gasteiger partial charge in [0.05, 0.1) is 6.54 Å². The minimum absolute atomic E-state index is 0.173. The van der Waals surface area contributed by atoms with Crippen LogP contribution in [0.15, 0.2) is 33.7 Å². The van der Waals surface area contributed by atoms with Gasteiger partial charge in [-0.15, -0.1) is 0 Å². The lowest BCUT2D eigenvalue weighted by molar-refractivity contribution is -0.131. The molecule has 1 aromatic carbocycles. The topological polar surface area (TPSA) is 32.7 Å². The molecule has 0 atom stereocenters. The number of carbonyl (C=O) groups is 1. The van der Waals surface area contributed by atoms with Gasteiger partial charge in [-0.25, -0.2) is 0 Å². The van der Waals surface area contributed by atoms with E-state index in [1.165, 1.54) is 0 Å². The summed E-state index contributed by atoms with van der Waals surface area (Å²) < 4.78 is 1.06. The van der Waals surface area contributed by atoms with Crippen LogP contribution in [-0.2, 0) is 11.3 Å². The molecule has 0 N–H and O–H groups in total. The smallest absolute Gasteiger partial charge is 0.256 e. The number of hydrogen-bond donors (Lipinski definition) is 0. The van der Waals surface area contributed by atoms with Gasteiger partial charge in [0.15, 0.2) is 0 Å². The molecule has 0 unspecified atom stereocenters. The average molecular weight is 365 g/mol. The highest BCUT2D eigenvalue weighted by molar-refractivity contribution is 9.10. The Kier molecular flexibility index (Phi) is 5.79. The average Bonchev–Trinajstić information content (AvgIpc) is 2.80. The number of hydrogen-bond acceptors (Lipinski definition) is 2. The zero-order valence-corrected chi connectivity index (χ0v) is 15.3. The van der Waals surface area contributed by atoms with E-state index in [4.69, 9.17) is 4.99 Å². The Morgan fingerprint density at radius 1 is 1.14 bits per heavy atom. The first-order valence-corrected chi connectivity index (χ1v) is 9.00. The third kappa shape index (κ3) is 3.43. The van der Waals surface area contributed by atoms with Crippen molar-refractivity contribution in [1.82, 2.24) is 4.90 Å². The van der Waals surface area contributed by atoms with Gasteiger partial charge >= 0.3 is 0 Å². The van der Waals surface area contributed by atoms with E-state index in [9.17, 15) is 4.79 Å². The fourth-order valence-electron chi connectivity index (χ4n) is 2.90. The molecule has 1 amide bonds. The fraction of sp³-hybridized carbons (Fsp3) is 0.556. The zero-order chi connectivity index (χ0) is 16.2. The van der Waals surface area contributed by atoms with Gasteiger partial charge in [-0.05, 0) is 37.0 Å². The van der Waals surface area contributed by atoms with Crippen molar-refractivity contribution in [3.05, 3.63) is 34.3 Å². The SMILES string of the molecule is CCCCC1=NC(CC)(CC)C(=O)N1Cc1ccc(Br)cc1. The summed E-state index contributed by atoms with van der Waals surface area (Å²) in [6, 6.07) is 8.16. The van der Waals surface area contributed by atoms with Crippen molar-refractivity contribution in [3.63, 3.8) is 0 Å². The summed E-state index contributed by atoms with van der Waals surface area (Å²) in [5.41, 5.74) is 0.613. The van der Waals surface area contributed by atoms with Crippen molar-refractivity contribution in [3.8, 4) is 0 Å². The van der Waals surface area contributed by atoms with Crippen LogP contribution >= 0.6 is 15.9 Å². The second kappa shape index (κ2) is 7.40. The molecule has 22 heavy (non-hydrogen) atoms. The van der Waals surface area contributed by atoms with Crippen molar-refractivity contribution in [2.45, 2.75) is 65.0 Å². The van der Waals surface area contributed by atoms with Crippen LogP contribution < -0.4 is 0 Å². The van der Waals surface area contributed by atoms with E-state index < -0.39 is 5.54 Å². The van der Waals surface area contributed by atoms with E-state index in [0.29, 0.717) is 6.54 Å². The Bertz CT molecular complexity index is 547. The lowest BCUT2D eigenvalue weighted by Gasteiger charge is -2.24. The predicted octanol–water partition coefficient (Wildman–Crippen LogP) is 4.94. The molecule has 1 heterocycles. The highest BCUT2D eigenvalue weighted by atomic mass is 79.9. The molecule has 0 spiro atoms. The summed E-state index contributed by atoms with van der Waals surface area (Å²) in [6.45, 7) is 6.91. The molecule has 4 heteroatoms. The summed E-state index contributed by atoms with van der Waals surface area (Å²) in [7, 11) is 0. The van der Waals surface area contributed by atoms with Crippen LogP contribution in [0.5, 0.6) is 0 Å². The van der Waals surface area contributed by atoms with Gasteiger partial charge in [0.1, 0.15) is 11.4 Å². The highest BCUT2D eigenvalue weighted by Gasteiger charge is 2.45. The van der Waals surface area contributed by atoms with Crippen molar-refractivity contribution in [2.75, 3.05) is 0 Å². The molecule has 1 aromatic rings. The third-order valence-corrected chi connectivity index (χ3v) is 5.00. The summed E-state index contributed by atoms with van der Waals surface area (Å²) in [5.74, 6) is 1.14. The molecule has 0 aromatic heterocycles. The molecule has 1 aliphatic rings. The maximum absolute atomic E-state index is 12.9. The van der Waals surface area contributed by atoms with E-state index in [1.54, 1.807) is 0 Å². The monoisotopic (exact) mass is 364 g/mol. The molecule has 1 aliphatic heterocycles. The number of rotatable bonds is 7. The van der Waals surface area contributed by atoms with Crippen LogP contribution in [0.1, 0.15) is 58.4 Å². The quantitative estimate of drug-likeness (QED) is 0.674. The third-order valence-electron chi connectivity index (χ3n) is 4.48. The molecule has 0 saturated heterocycles. The number of unbranched alkanes of at least 4 members (excludes halogenated alkanes) is 1. The van der Waals surface area contributed by atoms with Gasteiger partial charge in [0.25, 0.3) is 5.91 Å². The largest absolute Gasteiger partial charge is 0.294 e. The number of carbonyl (C=O) groups excluding carboxylic acids is 1. The molecule has 0 fully saturated rings.